The van der Waals surface area contributed by atoms with E-state index in [9.17, 15) is 13.2 Å². The summed E-state index contributed by atoms with van der Waals surface area (Å²) in [5.41, 5.74) is 0.839. The Morgan fingerprint density at radius 1 is 1.14 bits per heavy atom. The van der Waals surface area contributed by atoms with Gasteiger partial charge < -0.3 is 4.79 Å². The van der Waals surface area contributed by atoms with Crippen LogP contribution in [0.3, 0.4) is 0 Å². The molecular formula is C16H19NO3S. The average Bonchev–Trinajstić information content (AvgIpc) is 3.06. The average molecular weight is 305 g/mol. The van der Waals surface area contributed by atoms with Gasteiger partial charge in [-0.3, -0.25) is 0 Å². The van der Waals surface area contributed by atoms with Gasteiger partial charge in [0.2, 0.25) is 10.0 Å². The predicted octanol–water partition coefficient (Wildman–Crippen LogP) is 2.43. The van der Waals surface area contributed by atoms with Crippen molar-refractivity contribution in [1.29, 1.82) is 0 Å². The van der Waals surface area contributed by atoms with Crippen LogP contribution in [0, 0.1) is 5.92 Å². The molecule has 0 aromatic heterocycles. The Morgan fingerprint density at radius 3 is 2.62 bits per heavy atom. The first-order valence-corrected chi connectivity index (χ1v) is 8.84. The summed E-state index contributed by atoms with van der Waals surface area (Å²) >= 11 is 0. The second-order valence-electron chi connectivity index (χ2n) is 5.79. The minimum Gasteiger partial charge on any atom is -0.302 e. The lowest BCUT2D eigenvalue weighted by Crippen LogP contribution is -2.40. The molecule has 3 atom stereocenters. The molecule has 0 spiro atoms. The van der Waals surface area contributed by atoms with E-state index in [0.29, 0.717) is 12.3 Å². The van der Waals surface area contributed by atoms with Crippen molar-refractivity contribution in [3.05, 3.63) is 41.3 Å². The molecule has 2 aliphatic rings. The summed E-state index contributed by atoms with van der Waals surface area (Å²) in [7, 11) is -3.55. The fourth-order valence-corrected chi connectivity index (χ4v) is 5.22. The second-order valence-corrected chi connectivity index (χ2v) is 7.51. The highest BCUT2D eigenvalue weighted by Crippen LogP contribution is 2.42. The molecule has 4 nitrogen and oxygen atoms in total. The zero-order valence-electron chi connectivity index (χ0n) is 11.8. The van der Waals surface area contributed by atoms with E-state index >= 15 is 0 Å². The number of nitrogens with zero attached hydrogens (tertiary/aromatic N) is 1. The van der Waals surface area contributed by atoms with Crippen molar-refractivity contribution in [2.75, 3.05) is 0 Å². The third kappa shape index (κ3) is 2.80. The van der Waals surface area contributed by atoms with Crippen LogP contribution in [0.15, 0.2) is 35.7 Å². The van der Waals surface area contributed by atoms with E-state index in [2.05, 4.69) is 0 Å². The Balaban J connectivity index is 1.86. The van der Waals surface area contributed by atoms with E-state index in [1.165, 1.54) is 9.71 Å². The van der Waals surface area contributed by atoms with Crippen LogP contribution < -0.4 is 0 Å². The summed E-state index contributed by atoms with van der Waals surface area (Å²) in [5.74, 6) is 0.347. The van der Waals surface area contributed by atoms with E-state index < -0.39 is 16.1 Å². The zero-order chi connectivity index (χ0) is 14.9. The maximum atomic E-state index is 12.6. The van der Waals surface area contributed by atoms with Crippen molar-refractivity contribution in [2.45, 2.75) is 37.8 Å². The van der Waals surface area contributed by atoms with Crippen molar-refractivity contribution in [1.82, 2.24) is 4.31 Å². The lowest BCUT2D eigenvalue weighted by molar-refractivity contribution is -0.110. The fourth-order valence-electron chi connectivity index (χ4n) is 3.58. The van der Waals surface area contributed by atoms with Gasteiger partial charge >= 0.3 is 0 Å². The first-order valence-electron chi connectivity index (χ1n) is 7.34. The van der Waals surface area contributed by atoms with Crippen LogP contribution in [0.4, 0.5) is 0 Å². The zero-order valence-corrected chi connectivity index (χ0v) is 12.6. The largest absolute Gasteiger partial charge is 0.302 e. The topological polar surface area (TPSA) is 54.5 Å². The molecule has 21 heavy (non-hydrogen) atoms. The summed E-state index contributed by atoms with van der Waals surface area (Å²) in [4.78, 5) is 11.2. The summed E-state index contributed by atoms with van der Waals surface area (Å²) in [6.07, 6.45) is 6.00. The summed E-state index contributed by atoms with van der Waals surface area (Å²) in [5, 5.41) is 1.24. The van der Waals surface area contributed by atoms with Gasteiger partial charge in [-0.25, -0.2) is 8.42 Å². The first-order chi connectivity index (χ1) is 10.1. The van der Waals surface area contributed by atoms with Gasteiger partial charge in [-0.1, -0.05) is 36.8 Å². The molecule has 1 aromatic rings. The third-order valence-corrected chi connectivity index (χ3v) is 6.11. The first kappa shape index (κ1) is 14.5. The van der Waals surface area contributed by atoms with Crippen molar-refractivity contribution >= 4 is 22.4 Å². The number of aldehydes is 1. The van der Waals surface area contributed by atoms with Gasteiger partial charge in [-0.2, -0.15) is 4.31 Å². The highest BCUT2D eigenvalue weighted by atomic mass is 32.2. The summed E-state index contributed by atoms with van der Waals surface area (Å²) in [6, 6.07) is 8.83. The second kappa shape index (κ2) is 5.73. The van der Waals surface area contributed by atoms with Gasteiger partial charge in [-0.15, -0.1) is 0 Å². The molecule has 1 saturated carbocycles. The van der Waals surface area contributed by atoms with Crippen LogP contribution in [0.2, 0.25) is 0 Å². The number of benzene rings is 1. The lowest BCUT2D eigenvalue weighted by atomic mass is 10.0. The molecular weight excluding hydrogens is 286 g/mol. The molecule has 0 unspecified atom stereocenters. The van der Waals surface area contributed by atoms with Gasteiger partial charge in [0.05, 0.1) is 6.04 Å². The predicted molar refractivity (Wildman–Crippen MR) is 81.8 cm³/mol. The fraction of sp³-hybridized carbons (Fsp3) is 0.438. The van der Waals surface area contributed by atoms with Crippen LogP contribution in [-0.4, -0.2) is 31.1 Å². The molecule has 0 radical (unpaired) electrons. The maximum Gasteiger partial charge on any atom is 0.237 e. The molecule has 1 aliphatic heterocycles. The molecule has 2 fully saturated rings. The number of hydrogen-bond acceptors (Lipinski definition) is 3. The number of sulfonamides is 1. The van der Waals surface area contributed by atoms with Crippen molar-refractivity contribution in [3.63, 3.8) is 0 Å². The van der Waals surface area contributed by atoms with E-state index in [-0.39, 0.29) is 6.04 Å². The summed E-state index contributed by atoms with van der Waals surface area (Å²) < 4.78 is 26.6. The van der Waals surface area contributed by atoms with Gasteiger partial charge in [0, 0.05) is 11.4 Å². The quantitative estimate of drug-likeness (QED) is 0.803. The number of carbonyl (C=O) groups is 1. The third-order valence-electron chi connectivity index (χ3n) is 4.50. The Morgan fingerprint density at radius 2 is 1.90 bits per heavy atom. The molecule has 1 heterocycles. The van der Waals surface area contributed by atoms with Crippen LogP contribution in [0.5, 0.6) is 0 Å². The minimum atomic E-state index is -3.55. The van der Waals surface area contributed by atoms with Crippen LogP contribution >= 0.6 is 0 Å². The molecule has 1 aromatic carbocycles. The number of fused-ring (bicyclic) bond motifs is 1. The molecule has 0 N–H and O–H groups in total. The molecule has 1 aliphatic carbocycles. The summed E-state index contributed by atoms with van der Waals surface area (Å²) in [6.45, 7) is 0. The minimum absolute atomic E-state index is 0.00521. The van der Waals surface area contributed by atoms with Gasteiger partial charge in [0.1, 0.15) is 6.29 Å². The highest BCUT2D eigenvalue weighted by Gasteiger charge is 2.48. The SMILES string of the molecule is O=C[C@H]1C[C@H]2CCC[C@H]2N1S(=O)(=O)C=Cc1ccccc1. The van der Waals surface area contributed by atoms with Crippen molar-refractivity contribution < 1.29 is 13.2 Å². The van der Waals surface area contributed by atoms with Crippen molar-refractivity contribution in [2.24, 2.45) is 5.92 Å². The Bertz CT molecular complexity index is 639. The molecule has 5 heteroatoms. The molecule has 0 amide bonds. The van der Waals surface area contributed by atoms with E-state index in [1.807, 2.05) is 30.3 Å². The van der Waals surface area contributed by atoms with E-state index in [4.69, 9.17) is 0 Å². The Labute approximate surface area is 125 Å². The van der Waals surface area contributed by atoms with Gasteiger partial charge in [-0.05, 0) is 36.8 Å². The van der Waals surface area contributed by atoms with Crippen molar-refractivity contribution in [3.8, 4) is 0 Å². The van der Waals surface area contributed by atoms with E-state index in [1.54, 1.807) is 6.08 Å². The molecule has 1 saturated heterocycles. The monoisotopic (exact) mass is 305 g/mol. The number of rotatable bonds is 4. The molecule has 0 bridgehead atoms. The number of hydrogen-bond donors (Lipinski definition) is 0. The smallest absolute Gasteiger partial charge is 0.237 e. The van der Waals surface area contributed by atoms with Gasteiger partial charge in [0.15, 0.2) is 0 Å². The van der Waals surface area contributed by atoms with Crippen LogP contribution in [0.1, 0.15) is 31.2 Å². The van der Waals surface area contributed by atoms with E-state index in [0.717, 1.165) is 31.1 Å². The Hall–Kier alpha value is -1.46. The van der Waals surface area contributed by atoms with Crippen LogP contribution in [-0.2, 0) is 14.8 Å². The van der Waals surface area contributed by atoms with Crippen LogP contribution in [0.25, 0.3) is 6.08 Å². The molecule has 3 rings (SSSR count). The molecule has 112 valence electrons. The number of carbonyl (C=O) groups excluding carboxylic acids is 1. The van der Waals surface area contributed by atoms with Gasteiger partial charge in [0.25, 0.3) is 0 Å². The highest BCUT2D eigenvalue weighted by molar-refractivity contribution is 7.92. The maximum absolute atomic E-state index is 12.6. The Kier molecular flexibility index (Phi) is 3.95. The standard InChI is InChI=1S/C16H19NO3S/c18-12-15-11-14-7-4-8-16(14)17(15)21(19,20)10-9-13-5-2-1-3-6-13/h1-3,5-6,9-10,12,14-16H,4,7-8,11H2/t14-,15-,16-/m1/s1. The lowest BCUT2D eigenvalue weighted by Gasteiger charge is -2.24. The normalized spacial score (nSPS) is 29.8.